The summed E-state index contributed by atoms with van der Waals surface area (Å²) in [6.45, 7) is 3.42. The second-order valence-electron chi connectivity index (χ2n) is 4.98. The van der Waals surface area contributed by atoms with Crippen LogP contribution in [0.25, 0.3) is 0 Å². The van der Waals surface area contributed by atoms with Crippen LogP contribution in [-0.2, 0) is 0 Å². The third kappa shape index (κ3) is 5.19. The van der Waals surface area contributed by atoms with Gasteiger partial charge in [0.1, 0.15) is 5.75 Å². The van der Waals surface area contributed by atoms with Crippen molar-refractivity contribution in [1.82, 2.24) is 10.2 Å². The Labute approximate surface area is 116 Å². The van der Waals surface area contributed by atoms with Crippen molar-refractivity contribution in [1.29, 1.82) is 0 Å². The highest BCUT2D eigenvalue weighted by Gasteiger charge is 2.14. The summed E-state index contributed by atoms with van der Waals surface area (Å²) in [5.74, 6) is 0.873. The molecule has 0 aliphatic carbocycles. The second-order valence-corrected chi connectivity index (χ2v) is 4.98. The highest BCUT2D eigenvalue weighted by Crippen LogP contribution is 2.21. The van der Waals surface area contributed by atoms with Crippen LogP contribution in [-0.4, -0.2) is 50.4 Å². The third-order valence-corrected chi connectivity index (χ3v) is 3.29. The molecule has 0 radical (unpaired) electrons. The maximum Gasteiger partial charge on any atom is 0.119 e. The molecule has 0 aromatic heterocycles. The van der Waals surface area contributed by atoms with Crippen molar-refractivity contribution in [2.75, 3.05) is 34.3 Å². The molecule has 0 aliphatic rings. The molecule has 2 N–H and O–H groups in total. The van der Waals surface area contributed by atoms with E-state index in [0.29, 0.717) is 6.54 Å². The first-order valence-electron chi connectivity index (χ1n) is 6.77. The zero-order valence-electron chi connectivity index (χ0n) is 12.4. The molecule has 0 heterocycles. The van der Waals surface area contributed by atoms with Gasteiger partial charge in [0.05, 0.1) is 13.2 Å². The van der Waals surface area contributed by atoms with E-state index < -0.39 is 0 Å². The summed E-state index contributed by atoms with van der Waals surface area (Å²) in [5.41, 5.74) is 1.21. The van der Waals surface area contributed by atoms with E-state index in [2.05, 4.69) is 36.4 Å². The Morgan fingerprint density at radius 1 is 1.32 bits per heavy atom. The largest absolute Gasteiger partial charge is 0.497 e. The smallest absolute Gasteiger partial charge is 0.119 e. The summed E-state index contributed by atoms with van der Waals surface area (Å²) < 4.78 is 5.27. The topological polar surface area (TPSA) is 44.7 Å². The maximum absolute atomic E-state index is 9.57. The highest BCUT2D eigenvalue weighted by molar-refractivity contribution is 5.30. The fourth-order valence-corrected chi connectivity index (χ4v) is 1.98. The average Bonchev–Trinajstić information content (AvgIpc) is 2.42. The minimum absolute atomic E-state index is 0.263. The molecule has 0 fully saturated rings. The molecule has 2 unspecified atom stereocenters. The zero-order chi connectivity index (χ0) is 14.3. The van der Waals surface area contributed by atoms with Gasteiger partial charge in [-0.15, -0.1) is 0 Å². The van der Waals surface area contributed by atoms with Gasteiger partial charge >= 0.3 is 0 Å². The van der Waals surface area contributed by atoms with E-state index in [1.165, 1.54) is 5.56 Å². The van der Waals surface area contributed by atoms with Crippen LogP contribution in [0.1, 0.15) is 24.9 Å². The van der Waals surface area contributed by atoms with E-state index in [4.69, 9.17) is 4.74 Å². The molecule has 4 nitrogen and oxygen atoms in total. The van der Waals surface area contributed by atoms with E-state index in [1.54, 1.807) is 7.11 Å². The number of likely N-dealkylation sites (N-methyl/N-ethyl adjacent to an activating group) is 1. The van der Waals surface area contributed by atoms with Gasteiger partial charge in [0.2, 0.25) is 0 Å². The quantitative estimate of drug-likeness (QED) is 0.751. The van der Waals surface area contributed by atoms with E-state index in [-0.39, 0.29) is 12.1 Å². The van der Waals surface area contributed by atoms with Crippen molar-refractivity contribution in [3.05, 3.63) is 29.8 Å². The number of rotatable bonds is 8. The van der Waals surface area contributed by atoms with Crippen molar-refractivity contribution < 1.29 is 9.84 Å². The number of benzene rings is 1. The minimum atomic E-state index is -0.270. The van der Waals surface area contributed by atoms with Gasteiger partial charge in [0, 0.05) is 19.1 Å². The van der Waals surface area contributed by atoms with Crippen LogP contribution in [0.15, 0.2) is 24.3 Å². The number of hydrogen-bond acceptors (Lipinski definition) is 4. The molecule has 0 saturated carbocycles. The number of nitrogens with zero attached hydrogens (tertiary/aromatic N) is 1. The molecule has 0 aliphatic heterocycles. The lowest BCUT2D eigenvalue weighted by Gasteiger charge is -2.26. The Morgan fingerprint density at radius 3 is 2.63 bits per heavy atom. The molecule has 0 spiro atoms. The van der Waals surface area contributed by atoms with Crippen molar-refractivity contribution in [3.8, 4) is 5.75 Å². The van der Waals surface area contributed by atoms with E-state index >= 15 is 0 Å². The first-order valence-corrected chi connectivity index (χ1v) is 6.77. The third-order valence-electron chi connectivity index (χ3n) is 3.29. The lowest BCUT2D eigenvalue weighted by molar-refractivity contribution is 0.162. The van der Waals surface area contributed by atoms with E-state index in [0.717, 1.165) is 18.7 Å². The highest BCUT2D eigenvalue weighted by atomic mass is 16.5. The average molecular weight is 266 g/mol. The molecular weight excluding hydrogens is 240 g/mol. The molecule has 0 amide bonds. The summed E-state index contributed by atoms with van der Waals surface area (Å²) in [4.78, 5) is 2.17. The van der Waals surface area contributed by atoms with Crippen molar-refractivity contribution in [3.63, 3.8) is 0 Å². The number of nitrogens with one attached hydrogen (secondary N) is 1. The number of hydrogen-bond donors (Lipinski definition) is 2. The first kappa shape index (κ1) is 16.0. The minimum Gasteiger partial charge on any atom is -0.497 e. The predicted octanol–water partition coefficient (Wildman–Crippen LogP) is 1.66. The Morgan fingerprint density at radius 2 is 2.05 bits per heavy atom. The Kier molecular flexibility index (Phi) is 6.84. The molecule has 0 bridgehead atoms. The second kappa shape index (κ2) is 8.15. The summed E-state index contributed by atoms with van der Waals surface area (Å²) in [7, 11) is 5.80. The SMILES string of the molecule is CCC(O)CNCC(c1cccc(OC)c1)N(C)C. The van der Waals surface area contributed by atoms with Gasteiger partial charge < -0.3 is 20.1 Å². The van der Waals surface area contributed by atoms with Gasteiger partial charge in [-0.3, -0.25) is 0 Å². The summed E-state index contributed by atoms with van der Waals surface area (Å²) in [6.07, 6.45) is 0.506. The molecule has 1 aromatic rings. The van der Waals surface area contributed by atoms with Crippen LogP contribution in [0.2, 0.25) is 0 Å². The van der Waals surface area contributed by atoms with Gasteiger partial charge in [-0.1, -0.05) is 19.1 Å². The van der Waals surface area contributed by atoms with Crippen molar-refractivity contribution in [2.45, 2.75) is 25.5 Å². The van der Waals surface area contributed by atoms with Crippen molar-refractivity contribution in [2.24, 2.45) is 0 Å². The van der Waals surface area contributed by atoms with Gasteiger partial charge in [0.25, 0.3) is 0 Å². The van der Waals surface area contributed by atoms with Gasteiger partial charge in [-0.25, -0.2) is 0 Å². The molecule has 1 rings (SSSR count). The monoisotopic (exact) mass is 266 g/mol. The number of ether oxygens (including phenoxy) is 1. The van der Waals surface area contributed by atoms with Crippen LogP contribution in [0.3, 0.4) is 0 Å². The molecular formula is C15H26N2O2. The van der Waals surface area contributed by atoms with Crippen LogP contribution in [0, 0.1) is 0 Å². The Balaban J connectivity index is 2.66. The van der Waals surface area contributed by atoms with Gasteiger partial charge in [-0.05, 0) is 38.2 Å². The van der Waals surface area contributed by atoms with Crippen LogP contribution >= 0.6 is 0 Å². The Bertz CT molecular complexity index is 369. The summed E-state index contributed by atoms with van der Waals surface area (Å²) >= 11 is 0. The standard InChI is InChI=1S/C15H26N2O2/c1-5-13(18)10-16-11-15(17(2)3)12-7-6-8-14(9-12)19-4/h6-9,13,15-16,18H,5,10-11H2,1-4H3. The number of aliphatic hydroxyl groups excluding tert-OH is 1. The molecule has 0 saturated heterocycles. The fraction of sp³-hybridized carbons (Fsp3) is 0.600. The predicted molar refractivity (Wildman–Crippen MR) is 78.6 cm³/mol. The maximum atomic E-state index is 9.57. The van der Waals surface area contributed by atoms with Crippen LogP contribution < -0.4 is 10.1 Å². The molecule has 108 valence electrons. The first-order chi connectivity index (χ1) is 9.08. The van der Waals surface area contributed by atoms with Gasteiger partial charge in [-0.2, -0.15) is 0 Å². The lowest BCUT2D eigenvalue weighted by Crippen LogP contribution is -2.35. The van der Waals surface area contributed by atoms with Crippen molar-refractivity contribution >= 4 is 0 Å². The molecule has 19 heavy (non-hydrogen) atoms. The normalized spacial score (nSPS) is 14.4. The lowest BCUT2D eigenvalue weighted by atomic mass is 10.1. The zero-order valence-corrected chi connectivity index (χ0v) is 12.4. The summed E-state index contributed by atoms with van der Waals surface area (Å²) in [6, 6.07) is 8.38. The summed E-state index contributed by atoms with van der Waals surface area (Å²) in [5, 5.41) is 12.9. The van der Waals surface area contributed by atoms with Gasteiger partial charge in [0.15, 0.2) is 0 Å². The van der Waals surface area contributed by atoms with Crippen LogP contribution in [0.4, 0.5) is 0 Å². The van der Waals surface area contributed by atoms with E-state index in [9.17, 15) is 5.11 Å². The number of methoxy groups -OCH3 is 1. The van der Waals surface area contributed by atoms with Crippen LogP contribution in [0.5, 0.6) is 5.75 Å². The molecule has 4 heteroatoms. The molecule has 1 aromatic carbocycles. The number of aliphatic hydroxyl groups is 1. The Hall–Kier alpha value is -1.10. The fourth-order valence-electron chi connectivity index (χ4n) is 1.98. The molecule has 2 atom stereocenters. The van der Waals surface area contributed by atoms with E-state index in [1.807, 2.05) is 19.1 Å².